The number of anilines is 1. The van der Waals surface area contributed by atoms with Crippen molar-refractivity contribution in [3.8, 4) is 11.1 Å². The Kier molecular flexibility index (Phi) is 5.71. The Morgan fingerprint density at radius 1 is 1.27 bits per heavy atom. The van der Waals surface area contributed by atoms with E-state index in [-0.39, 0.29) is 6.42 Å². The van der Waals surface area contributed by atoms with Crippen LogP contribution in [-0.2, 0) is 16.0 Å². The van der Waals surface area contributed by atoms with Gasteiger partial charge in [0, 0.05) is 34.8 Å². The maximum Gasteiger partial charge on any atom is 0.408 e. The van der Waals surface area contributed by atoms with E-state index in [1.54, 1.807) is 31.5 Å². The van der Waals surface area contributed by atoms with Gasteiger partial charge < -0.3 is 20.6 Å². The molecule has 0 bridgehead atoms. The molecule has 1 atom stereocenters. The lowest BCUT2D eigenvalue weighted by atomic mass is 10.00. The van der Waals surface area contributed by atoms with Crippen molar-refractivity contribution in [1.29, 1.82) is 0 Å². The molecule has 0 aliphatic heterocycles. The van der Waals surface area contributed by atoms with E-state index in [4.69, 9.17) is 10.5 Å². The third-order valence-corrected chi connectivity index (χ3v) is 5.28. The highest BCUT2D eigenvalue weighted by Gasteiger charge is 2.25. The topological polar surface area (TPSA) is 124 Å². The van der Waals surface area contributed by atoms with Crippen molar-refractivity contribution in [1.82, 2.24) is 24.9 Å². The summed E-state index contributed by atoms with van der Waals surface area (Å²) in [6.07, 6.45) is 3.38. The summed E-state index contributed by atoms with van der Waals surface area (Å²) >= 11 is 0. The second kappa shape index (κ2) is 8.50. The zero-order valence-electron chi connectivity index (χ0n) is 19.0. The number of pyridine rings is 1. The smallest absolute Gasteiger partial charge is 0.408 e. The minimum atomic E-state index is -0.810. The molecule has 0 fully saturated rings. The van der Waals surface area contributed by atoms with E-state index < -0.39 is 17.7 Å². The van der Waals surface area contributed by atoms with Gasteiger partial charge in [0.2, 0.25) is 0 Å². The molecule has 0 aliphatic carbocycles. The second-order valence-electron chi connectivity index (χ2n) is 8.86. The molecule has 1 amide bonds. The Bertz CT molecular complexity index is 1360. The summed E-state index contributed by atoms with van der Waals surface area (Å²) in [7, 11) is 0. The quantitative estimate of drug-likeness (QED) is 0.450. The molecule has 1 aromatic carbocycles. The molecule has 0 radical (unpaired) electrons. The number of nitrogens with zero attached hydrogens (tertiary/aromatic N) is 4. The highest BCUT2D eigenvalue weighted by atomic mass is 16.6. The molecular weight excluding hydrogens is 420 g/mol. The number of carbonyl (C=O) groups is 2. The van der Waals surface area contributed by atoms with Crippen molar-refractivity contribution >= 4 is 34.6 Å². The molecule has 9 heteroatoms. The van der Waals surface area contributed by atoms with Crippen molar-refractivity contribution in [3.05, 3.63) is 54.1 Å². The van der Waals surface area contributed by atoms with Crippen molar-refractivity contribution in [2.45, 2.75) is 45.8 Å². The molecule has 1 unspecified atom stereocenters. The average molecular weight is 447 g/mol. The number of para-hydroxylation sites is 1. The molecule has 0 saturated carbocycles. The van der Waals surface area contributed by atoms with Crippen molar-refractivity contribution in [2.24, 2.45) is 0 Å². The van der Waals surface area contributed by atoms with Gasteiger partial charge in [0.05, 0.1) is 11.6 Å². The Morgan fingerprint density at radius 2 is 2.03 bits per heavy atom. The number of benzene rings is 1. The van der Waals surface area contributed by atoms with E-state index >= 15 is 0 Å². The average Bonchev–Trinajstić information content (AvgIpc) is 3.04. The fourth-order valence-electron chi connectivity index (χ4n) is 3.89. The van der Waals surface area contributed by atoms with E-state index in [1.165, 1.54) is 6.33 Å². The molecule has 33 heavy (non-hydrogen) atoms. The zero-order chi connectivity index (χ0) is 23.8. The van der Waals surface area contributed by atoms with Gasteiger partial charge in [-0.2, -0.15) is 5.10 Å². The first kappa shape index (κ1) is 22.2. The van der Waals surface area contributed by atoms with Crippen LogP contribution >= 0.6 is 0 Å². The van der Waals surface area contributed by atoms with Gasteiger partial charge in [0.1, 0.15) is 23.7 Å². The minimum Gasteiger partial charge on any atom is -0.444 e. The molecular formula is C24H26N6O3. The molecule has 9 nitrogen and oxygen atoms in total. The van der Waals surface area contributed by atoms with Crippen LogP contribution in [0.4, 0.5) is 10.6 Å². The number of rotatable bonds is 5. The maximum absolute atomic E-state index is 12.2. The number of aldehydes is 1. The lowest BCUT2D eigenvalue weighted by Crippen LogP contribution is -2.41. The van der Waals surface area contributed by atoms with E-state index in [9.17, 15) is 9.59 Å². The number of fused-ring (bicyclic) bond motifs is 2. The summed E-state index contributed by atoms with van der Waals surface area (Å²) < 4.78 is 6.97. The van der Waals surface area contributed by atoms with Crippen LogP contribution in [0.2, 0.25) is 0 Å². The van der Waals surface area contributed by atoms with E-state index in [1.807, 2.05) is 37.3 Å². The van der Waals surface area contributed by atoms with Gasteiger partial charge in [0.25, 0.3) is 0 Å². The van der Waals surface area contributed by atoms with Gasteiger partial charge in [-0.15, -0.1) is 0 Å². The lowest BCUT2D eigenvalue weighted by Gasteiger charge is -2.21. The third kappa shape index (κ3) is 4.48. The Morgan fingerprint density at radius 3 is 2.76 bits per heavy atom. The SMILES string of the molecule is Cc1c(-c2cnc3ccccc3c2)c2c(N)ncnn2c1CC(C=O)NC(=O)OC(C)(C)C. The summed E-state index contributed by atoms with van der Waals surface area (Å²) in [5.74, 6) is 0.310. The largest absolute Gasteiger partial charge is 0.444 e. The lowest BCUT2D eigenvalue weighted by molar-refractivity contribution is -0.109. The minimum absolute atomic E-state index is 0.202. The van der Waals surface area contributed by atoms with Gasteiger partial charge in [-0.3, -0.25) is 4.98 Å². The normalized spacial score (nSPS) is 12.6. The van der Waals surface area contributed by atoms with Crippen LogP contribution in [0.5, 0.6) is 0 Å². The predicted molar refractivity (Wildman–Crippen MR) is 126 cm³/mol. The van der Waals surface area contributed by atoms with Crippen molar-refractivity contribution in [2.75, 3.05) is 5.73 Å². The molecule has 3 heterocycles. The van der Waals surface area contributed by atoms with Gasteiger partial charge in [0.15, 0.2) is 5.82 Å². The molecule has 0 spiro atoms. The maximum atomic E-state index is 12.2. The Labute approximate surface area is 191 Å². The number of carbonyl (C=O) groups excluding carboxylic acids is 2. The summed E-state index contributed by atoms with van der Waals surface area (Å²) in [4.78, 5) is 32.8. The number of nitrogen functional groups attached to an aromatic ring is 1. The summed E-state index contributed by atoms with van der Waals surface area (Å²) in [5, 5.41) is 7.99. The standard InChI is InChI=1S/C24H26N6O3/c1-14-19(10-17(12-31)29-23(32)33-24(2,3)4)30-21(22(25)27-13-28-30)20(14)16-9-15-7-5-6-8-18(15)26-11-16/h5-9,11-13,17H,10H2,1-4H3,(H,29,32)(H2,25,27,28). The number of amides is 1. The Hall–Kier alpha value is -4.01. The van der Waals surface area contributed by atoms with Crippen molar-refractivity contribution in [3.63, 3.8) is 0 Å². The summed E-state index contributed by atoms with van der Waals surface area (Å²) in [5.41, 5.74) is 10.4. The molecule has 4 aromatic rings. The predicted octanol–water partition coefficient (Wildman–Crippen LogP) is 3.47. The number of aromatic nitrogens is 4. The second-order valence-corrected chi connectivity index (χ2v) is 8.86. The Balaban J connectivity index is 1.78. The van der Waals surface area contributed by atoms with Gasteiger partial charge in [-0.25, -0.2) is 14.3 Å². The molecule has 0 aliphatic rings. The van der Waals surface area contributed by atoms with Gasteiger partial charge in [-0.1, -0.05) is 18.2 Å². The number of hydrogen-bond acceptors (Lipinski definition) is 7. The van der Waals surface area contributed by atoms with E-state index in [2.05, 4.69) is 20.4 Å². The fourth-order valence-corrected chi connectivity index (χ4v) is 3.89. The first-order valence-corrected chi connectivity index (χ1v) is 10.6. The number of nitrogens with one attached hydrogen (secondary N) is 1. The third-order valence-electron chi connectivity index (χ3n) is 5.28. The molecule has 4 rings (SSSR count). The number of hydrogen-bond donors (Lipinski definition) is 2. The van der Waals surface area contributed by atoms with Crippen LogP contribution in [0.1, 0.15) is 32.0 Å². The van der Waals surface area contributed by atoms with E-state index in [0.29, 0.717) is 17.6 Å². The summed E-state index contributed by atoms with van der Waals surface area (Å²) in [6.45, 7) is 7.22. The van der Waals surface area contributed by atoms with Crippen LogP contribution in [-0.4, -0.2) is 43.6 Å². The molecule has 3 aromatic heterocycles. The molecule has 0 saturated heterocycles. The molecule has 3 N–H and O–H groups in total. The van der Waals surface area contributed by atoms with Gasteiger partial charge >= 0.3 is 6.09 Å². The summed E-state index contributed by atoms with van der Waals surface area (Å²) in [6, 6.07) is 9.07. The highest BCUT2D eigenvalue weighted by Crippen LogP contribution is 2.35. The number of alkyl carbamates (subject to hydrolysis) is 1. The van der Waals surface area contributed by atoms with Crippen LogP contribution in [0.25, 0.3) is 27.5 Å². The van der Waals surface area contributed by atoms with Crippen LogP contribution in [0, 0.1) is 6.92 Å². The van der Waals surface area contributed by atoms with Crippen LogP contribution < -0.4 is 11.1 Å². The monoisotopic (exact) mass is 446 g/mol. The number of ether oxygens (including phenoxy) is 1. The fraction of sp³-hybridized carbons (Fsp3) is 0.292. The first-order chi connectivity index (χ1) is 15.7. The zero-order valence-corrected chi connectivity index (χ0v) is 19.0. The first-order valence-electron chi connectivity index (χ1n) is 10.6. The highest BCUT2D eigenvalue weighted by molar-refractivity contribution is 5.94. The molecule has 170 valence electrons. The van der Waals surface area contributed by atoms with Crippen molar-refractivity contribution < 1.29 is 14.3 Å². The number of nitrogens with two attached hydrogens (primary N) is 1. The van der Waals surface area contributed by atoms with Gasteiger partial charge in [-0.05, 0) is 45.4 Å². The van der Waals surface area contributed by atoms with Crippen LogP contribution in [0.3, 0.4) is 0 Å². The van der Waals surface area contributed by atoms with E-state index in [0.717, 1.165) is 33.3 Å². The van der Waals surface area contributed by atoms with Crippen LogP contribution in [0.15, 0.2) is 42.9 Å².